The van der Waals surface area contributed by atoms with Crippen molar-refractivity contribution in [2.45, 2.75) is 6.92 Å². The number of nitrogens with one attached hydrogen (secondary N) is 1. The van der Waals surface area contributed by atoms with Crippen LogP contribution in [0.3, 0.4) is 0 Å². The van der Waals surface area contributed by atoms with Crippen molar-refractivity contribution in [1.29, 1.82) is 0 Å². The Balaban J connectivity index is 1.94. The zero-order valence-electron chi connectivity index (χ0n) is 9.34. The Morgan fingerprint density at radius 3 is 2.94 bits per heavy atom. The number of nitrogens with zero attached hydrogens (tertiary/aromatic N) is 2. The molecule has 4 heteroatoms. The average Bonchev–Trinajstić information content (AvgIpc) is 2.71. The molecule has 1 N–H and O–H groups in total. The minimum atomic E-state index is 0.195. The zero-order valence-corrected chi connectivity index (χ0v) is 11.1. The molecule has 84 valence electrons. The molecule has 0 fully saturated rings. The quantitative estimate of drug-likeness (QED) is 0.737. The first-order chi connectivity index (χ1) is 8.31. The third kappa shape index (κ3) is 2.23. The summed E-state index contributed by atoms with van der Waals surface area (Å²) in [5.41, 5.74) is 3.35. The number of pyridine rings is 1. The third-order valence-electron chi connectivity index (χ3n) is 2.44. The number of benzene rings is 1. The normalized spacial score (nSPS) is 10.6. The first-order valence-electron chi connectivity index (χ1n) is 5.36. The number of aryl methyl sites for hydroxylation is 1. The van der Waals surface area contributed by atoms with Crippen LogP contribution >= 0.6 is 0 Å². The van der Waals surface area contributed by atoms with E-state index in [1.165, 1.54) is 5.56 Å². The van der Waals surface area contributed by atoms with Crippen LogP contribution in [-0.2, 0) is 0 Å². The zero-order chi connectivity index (χ0) is 11.7. The van der Waals surface area contributed by atoms with E-state index in [1.54, 1.807) is 0 Å². The molecule has 0 bridgehead atoms. The van der Waals surface area contributed by atoms with Crippen LogP contribution in [0.2, 0.25) is 0 Å². The Labute approximate surface area is 105 Å². The molecule has 0 atom stereocenters. The molecule has 0 amide bonds. The van der Waals surface area contributed by atoms with Gasteiger partial charge in [-0.1, -0.05) is 0 Å². The van der Waals surface area contributed by atoms with Gasteiger partial charge >= 0.3 is 105 Å². The Hall–Kier alpha value is -1.64. The SMILES string of the molecule is Cc1cccc(Nc2nc3cccnc3[se]2)c1. The Kier molecular flexibility index (Phi) is 2.67. The summed E-state index contributed by atoms with van der Waals surface area (Å²) in [5.74, 6) is 0. The Bertz CT molecular complexity index is 627. The van der Waals surface area contributed by atoms with Gasteiger partial charge in [0.05, 0.1) is 0 Å². The summed E-state index contributed by atoms with van der Waals surface area (Å²) in [6.07, 6.45) is 1.83. The van der Waals surface area contributed by atoms with Gasteiger partial charge in [0.25, 0.3) is 0 Å². The molecule has 0 saturated carbocycles. The summed E-state index contributed by atoms with van der Waals surface area (Å²) in [7, 11) is 0. The van der Waals surface area contributed by atoms with Gasteiger partial charge in [0.1, 0.15) is 0 Å². The van der Waals surface area contributed by atoms with Gasteiger partial charge in [0, 0.05) is 0 Å². The number of anilines is 2. The molecule has 0 radical (unpaired) electrons. The van der Waals surface area contributed by atoms with Crippen molar-refractivity contribution >= 4 is 34.8 Å². The van der Waals surface area contributed by atoms with E-state index >= 15 is 0 Å². The van der Waals surface area contributed by atoms with Crippen LogP contribution in [0.5, 0.6) is 0 Å². The second-order valence-corrected chi connectivity index (χ2v) is 5.89. The summed E-state index contributed by atoms with van der Waals surface area (Å²) in [4.78, 5) is 8.89. The van der Waals surface area contributed by atoms with E-state index in [2.05, 4.69) is 40.4 Å². The van der Waals surface area contributed by atoms with Gasteiger partial charge in [0.2, 0.25) is 0 Å². The topological polar surface area (TPSA) is 37.8 Å². The summed E-state index contributed by atoms with van der Waals surface area (Å²) in [6.45, 7) is 2.09. The van der Waals surface area contributed by atoms with Crippen LogP contribution in [0.4, 0.5) is 10.4 Å². The van der Waals surface area contributed by atoms with Crippen LogP contribution < -0.4 is 5.32 Å². The van der Waals surface area contributed by atoms with Crippen molar-refractivity contribution < 1.29 is 0 Å². The molecule has 0 unspecified atom stereocenters. The second kappa shape index (κ2) is 4.32. The average molecular weight is 288 g/mol. The van der Waals surface area contributed by atoms with Gasteiger partial charge in [0.15, 0.2) is 0 Å². The van der Waals surface area contributed by atoms with Gasteiger partial charge in [-0.15, -0.1) is 0 Å². The van der Waals surface area contributed by atoms with Crippen molar-refractivity contribution in [3.63, 3.8) is 0 Å². The van der Waals surface area contributed by atoms with Crippen LogP contribution in [0.15, 0.2) is 42.6 Å². The minimum absolute atomic E-state index is 0.195. The monoisotopic (exact) mass is 289 g/mol. The van der Waals surface area contributed by atoms with Gasteiger partial charge in [-0.05, 0) is 0 Å². The summed E-state index contributed by atoms with van der Waals surface area (Å²) >= 11 is 0.195. The van der Waals surface area contributed by atoms with Crippen molar-refractivity contribution in [2.24, 2.45) is 0 Å². The van der Waals surface area contributed by atoms with Gasteiger partial charge in [-0.3, -0.25) is 0 Å². The maximum atomic E-state index is 4.55. The van der Waals surface area contributed by atoms with E-state index in [0.717, 1.165) is 20.3 Å². The predicted molar refractivity (Wildman–Crippen MR) is 70.9 cm³/mol. The number of fused-ring (bicyclic) bond motifs is 1. The predicted octanol–water partition coefficient (Wildman–Crippen LogP) is 2.74. The molecule has 0 aliphatic heterocycles. The van der Waals surface area contributed by atoms with E-state index in [1.807, 2.05) is 24.4 Å². The van der Waals surface area contributed by atoms with Crippen molar-refractivity contribution in [3.8, 4) is 0 Å². The molecule has 1 aromatic carbocycles. The molecular weight excluding hydrogens is 277 g/mol. The summed E-state index contributed by atoms with van der Waals surface area (Å²) in [6, 6.07) is 12.2. The molecular formula is C13H11N3Se. The van der Waals surface area contributed by atoms with E-state index in [-0.39, 0.29) is 14.5 Å². The molecule has 3 rings (SSSR count). The van der Waals surface area contributed by atoms with Gasteiger partial charge in [-0.25, -0.2) is 0 Å². The maximum absolute atomic E-state index is 4.55. The van der Waals surface area contributed by atoms with E-state index < -0.39 is 0 Å². The molecule has 17 heavy (non-hydrogen) atoms. The number of hydrogen-bond donors (Lipinski definition) is 1. The number of rotatable bonds is 2. The fraction of sp³-hybridized carbons (Fsp3) is 0.0769. The Morgan fingerprint density at radius 2 is 2.12 bits per heavy atom. The molecule has 0 aliphatic carbocycles. The van der Waals surface area contributed by atoms with Crippen LogP contribution in [0.25, 0.3) is 9.91 Å². The third-order valence-corrected chi connectivity index (χ3v) is 4.31. The van der Waals surface area contributed by atoms with Crippen molar-refractivity contribution in [2.75, 3.05) is 5.32 Å². The second-order valence-electron chi connectivity index (χ2n) is 3.84. The molecule has 3 nitrogen and oxygen atoms in total. The van der Waals surface area contributed by atoms with E-state index in [4.69, 9.17) is 0 Å². The molecule has 3 aromatic rings. The van der Waals surface area contributed by atoms with Crippen molar-refractivity contribution in [1.82, 2.24) is 9.97 Å². The van der Waals surface area contributed by atoms with Crippen LogP contribution in [-0.4, -0.2) is 24.5 Å². The standard InChI is InChI=1S/C13H11N3Se/c1-9-4-2-5-10(8-9)15-13-16-11-6-3-7-14-12(11)17-13/h2-8H,1H3,(H,15,16). The Morgan fingerprint density at radius 1 is 1.18 bits per heavy atom. The fourth-order valence-corrected chi connectivity index (χ4v) is 3.41. The molecule has 0 aliphatic rings. The summed E-state index contributed by atoms with van der Waals surface area (Å²) < 4.78 is 2.13. The molecule has 2 heterocycles. The van der Waals surface area contributed by atoms with Gasteiger partial charge < -0.3 is 0 Å². The first-order valence-corrected chi connectivity index (χ1v) is 7.08. The molecule has 2 aromatic heterocycles. The molecule has 0 spiro atoms. The van der Waals surface area contributed by atoms with E-state index in [0.29, 0.717) is 0 Å². The summed E-state index contributed by atoms with van der Waals surface area (Å²) in [5, 5.41) is 3.37. The first kappa shape index (κ1) is 10.5. The van der Waals surface area contributed by atoms with Crippen LogP contribution in [0.1, 0.15) is 5.56 Å². The number of aromatic nitrogens is 2. The number of hydrogen-bond acceptors (Lipinski definition) is 3. The van der Waals surface area contributed by atoms with Crippen molar-refractivity contribution in [3.05, 3.63) is 48.2 Å². The van der Waals surface area contributed by atoms with E-state index in [9.17, 15) is 0 Å². The molecule has 0 saturated heterocycles. The fourth-order valence-electron chi connectivity index (χ4n) is 1.67. The van der Waals surface area contributed by atoms with Crippen LogP contribution in [0, 0.1) is 6.92 Å². The van der Waals surface area contributed by atoms with Gasteiger partial charge in [-0.2, -0.15) is 0 Å².